The second-order valence-electron chi connectivity index (χ2n) is 7.75. The van der Waals surface area contributed by atoms with Crippen molar-refractivity contribution in [3.63, 3.8) is 0 Å². The number of amides is 1. The molecule has 2 aliphatic rings. The van der Waals surface area contributed by atoms with Crippen molar-refractivity contribution in [3.05, 3.63) is 23.8 Å². The maximum Gasteiger partial charge on any atom is 0.253 e. The molecule has 1 saturated heterocycles. The normalized spacial score (nSPS) is 22.8. The SMILES string of the molecule is CN(C)S(=O)(=O)c1ccc(N2CCCC2)c(C(=O)NC2CCC(N)CC2)c1.Cl. The van der Waals surface area contributed by atoms with Crippen molar-refractivity contribution < 1.29 is 13.2 Å². The minimum atomic E-state index is -3.60. The second-order valence-corrected chi connectivity index (χ2v) is 9.90. The molecule has 1 saturated carbocycles. The van der Waals surface area contributed by atoms with Gasteiger partial charge in [0, 0.05) is 45.0 Å². The molecule has 7 nitrogen and oxygen atoms in total. The molecule has 0 radical (unpaired) electrons. The fourth-order valence-electron chi connectivity index (χ4n) is 3.83. The highest BCUT2D eigenvalue weighted by Gasteiger charge is 2.26. The highest BCUT2D eigenvalue weighted by atomic mass is 35.5. The summed E-state index contributed by atoms with van der Waals surface area (Å²) in [7, 11) is -0.606. The highest BCUT2D eigenvalue weighted by molar-refractivity contribution is 7.89. The second kappa shape index (κ2) is 9.43. The number of anilines is 1. The molecule has 1 aliphatic carbocycles. The van der Waals surface area contributed by atoms with E-state index in [1.807, 2.05) is 0 Å². The third-order valence-corrected chi connectivity index (χ3v) is 7.36. The molecule has 9 heteroatoms. The standard InChI is InChI=1S/C19H30N4O3S.ClH/c1-22(2)27(25,26)16-9-10-18(23-11-3-4-12-23)17(13-16)19(24)21-15-7-5-14(20)6-8-15;/h9-10,13-15H,3-8,11-12,20H2,1-2H3,(H,21,24);1H. The Morgan fingerprint density at radius 2 is 1.75 bits per heavy atom. The van der Waals surface area contributed by atoms with Gasteiger partial charge in [0.05, 0.1) is 10.5 Å². The van der Waals surface area contributed by atoms with Crippen LogP contribution in [0.3, 0.4) is 0 Å². The Kier molecular flexibility index (Phi) is 7.73. The zero-order chi connectivity index (χ0) is 19.6. The first-order chi connectivity index (χ1) is 12.8. The summed E-state index contributed by atoms with van der Waals surface area (Å²) in [5.41, 5.74) is 7.21. The summed E-state index contributed by atoms with van der Waals surface area (Å²) in [6.07, 6.45) is 5.69. The molecule has 3 N–H and O–H groups in total. The predicted octanol–water partition coefficient (Wildman–Crippen LogP) is 1.96. The van der Waals surface area contributed by atoms with Crippen LogP contribution in [0, 0.1) is 0 Å². The van der Waals surface area contributed by atoms with Crippen molar-refractivity contribution in [2.75, 3.05) is 32.1 Å². The number of nitrogens with one attached hydrogen (secondary N) is 1. The molecule has 2 fully saturated rings. The van der Waals surface area contributed by atoms with Gasteiger partial charge in [-0.1, -0.05) is 0 Å². The van der Waals surface area contributed by atoms with Crippen LogP contribution < -0.4 is 16.0 Å². The number of nitrogens with two attached hydrogens (primary N) is 1. The van der Waals surface area contributed by atoms with Gasteiger partial charge in [0.15, 0.2) is 0 Å². The number of nitrogens with zero attached hydrogens (tertiary/aromatic N) is 2. The average molecular weight is 431 g/mol. The van der Waals surface area contributed by atoms with Crippen LogP contribution in [0.1, 0.15) is 48.9 Å². The van der Waals surface area contributed by atoms with Crippen LogP contribution in [0.25, 0.3) is 0 Å². The van der Waals surface area contributed by atoms with E-state index >= 15 is 0 Å². The van der Waals surface area contributed by atoms with Gasteiger partial charge < -0.3 is 16.0 Å². The number of carbonyl (C=O) groups is 1. The monoisotopic (exact) mass is 430 g/mol. The van der Waals surface area contributed by atoms with Gasteiger partial charge in [-0.05, 0) is 56.7 Å². The Labute approximate surface area is 174 Å². The smallest absolute Gasteiger partial charge is 0.253 e. The van der Waals surface area contributed by atoms with E-state index in [4.69, 9.17) is 5.73 Å². The lowest BCUT2D eigenvalue weighted by molar-refractivity contribution is 0.0926. The molecular formula is C19H31ClN4O3S. The van der Waals surface area contributed by atoms with Gasteiger partial charge in [-0.25, -0.2) is 12.7 Å². The molecule has 0 spiro atoms. The van der Waals surface area contributed by atoms with Crippen molar-refractivity contribution in [3.8, 4) is 0 Å². The first-order valence-corrected chi connectivity index (χ1v) is 11.1. The number of sulfonamides is 1. The average Bonchev–Trinajstić information content (AvgIpc) is 3.17. The summed E-state index contributed by atoms with van der Waals surface area (Å²) in [4.78, 5) is 15.4. The predicted molar refractivity (Wildman–Crippen MR) is 114 cm³/mol. The Hall–Kier alpha value is -1.35. The highest BCUT2D eigenvalue weighted by Crippen LogP contribution is 2.28. The summed E-state index contributed by atoms with van der Waals surface area (Å²) in [6, 6.07) is 5.20. The van der Waals surface area contributed by atoms with E-state index in [1.165, 1.54) is 24.5 Å². The maximum atomic E-state index is 13.0. The Morgan fingerprint density at radius 3 is 2.32 bits per heavy atom. The van der Waals surface area contributed by atoms with E-state index in [0.29, 0.717) is 5.56 Å². The quantitative estimate of drug-likeness (QED) is 0.744. The van der Waals surface area contributed by atoms with E-state index in [2.05, 4.69) is 10.2 Å². The number of hydrogen-bond donors (Lipinski definition) is 2. The van der Waals surface area contributed by atoms with Crippen molar-refractivity contribution in [2.24, 2.45) is 5.73 Å². The number of hydrogen-bond acceptors (Lipinski definition) is 5. The van der Waals surface area contributed by atoms with Gasteiger partial charge >= 0.3 is 0 Å². The molecule has 0 unspecified atom stereocenters. The first kappa shape index (κ1) is 22.9. The molecule has 28 heavy (non-hydrogen) atoms. The summed E-state index contributed by atoms with van der Waals surface area (Å²) in [5.74, 6) is -0.201. The molecular weight excluding hydrogens is 400 g/mol. The molecule has 0 atom stereocenters. The van der Waals surface area contributed by atoms with Crippen LogP contribution in [-0.4, -0.2) is 57.9 Å². The zero-order valence-electron chi connectivity index (χ0n) is 16.6. The Bertz CT molecular complexity index is 786. The van der Waals surface area contributed by atoms with Gasteiger partial charge in [-0.15, -0.1) is 12.4 Å². The molecule has 1 heterocycles. The summed E-state index contributed by atoms with van der Waals surface area (Å²) in [6.45, 7) is 1.77. The van der Waals surface area contributed by atoms with Crippen LogP contribution >= 0.6 is 12.4 Å². The van der Waals surface area contributed by atoms with Crippen LogP contribution in [0.15, 0.2) is 23.1 Å². The van der Waals surface area contributed by atoms with Gasteiger partial charge in [0.25, 0.3) is 5.91 Å². The van der Waals surface area contributed by atoms with Crippen molar-refractivity contribution in [1.82, 2.24) is 9.62 Å². The van der Waals surface area contributed by atoms with E-state index in [9.17, 15) is 13.2 Å². The van der Waals surface area contributed by atoms with Crippen LogP contribution in [0.4, 0.5) is 5.69 Å². The number of halogens is 1. The summed E-state index contributed by atoms with van der Waals surface area (Å²) < 4.78 is 26.2. The summed E-state index contributed by atoms with van der Waals surface area (Å²) in [5, 5.41) is 3.10. The van der Waals surface area contributed by atoms with E-state index in [0.717, 1.165) is 57.3 Å². The maximum absolute atomic E-state index is 13.0. The minimum absolute atomic E-state index is 0. The summed E-state index contributed by atoms with van der Waals surface area (Å²) >= 11 is 0. The third-order valence-electron chi connectivity index (χ3n) is 5.55. The molecule has 1 aromatic rings. The zero-order valence-corrected chi connectivity index (χ0v) is 18.2. The fraction of sp³-hybridized carbons (Fsp3) is 0.632. The third kappa shape index (κ3) is 4.97. The molecule has 1 aromatic carbocycles. The van der Waals surface area contributed by atoms with Crippen LogP contribution in [0.2, 0.25) is 0 Å². The van der Waals surface area contributed by atoms with Crippen molar-refractivity contribution in [2.45, 2.75) is 55.5 Å². The lowest BCUT2D eigenvalue weighted by Crippen LogP contribution is -2.41. The van der Waals surface area contributed by atoms with Gasteiger partial charge in [0.2, 0.25) is 10.0 Å². The van der Waals surface area contributed by atoms with Gasteiger partial charge in [-0.2, -0.15) is 0 Å². The van der Waals surface area contributed by atoms with E-state index < -0.39 is 10.0 Å². The van der Waals surface area contributed by atoms with E-state index in [1.54, 1.807) is 12.1 Å². The minimum Gasteiger partial charge on any atom is -0.371 e. The Morgan fingerprint density at radius 1 is 1.14 bits per heavy atom. The van der Waals surface area contributed by atoms with Gasteiger partial charge in [0.1, 0.15) is 0 Å². The fourth-order valence-corrected chi connectivity index (χ4v) is 4.76. The number of benzene rings is 1. The van der Waals surface area contributed by atoms with Crippen molar-refractivity contribution >= 4 is 34.0 Å². The molecule has 3 rings (SSSR count). The lowest BCUT2D eigenvalue weighted by Gasteiger charge is -2.28. The van der Waals surface area contributed by atoms with Gasteiger partial charge in [-0.3, -0.25) is 4.79 Å². The largest absolute Gasteiger partial charge is 0.371 e. The molecule has 0 aromatic heterocycles. The Balaban J connectivity index is 0.00000280. The number of rotatable bonds is 5. The topological polar surface area (TPSA) is 95.7 Å². The molecule has 0 bridgehead atoms. The molecule has 1 aliphatic heterocycles. The molecule has 1 amide bonds. The first-order valence-electron chi connectivity index (χ1n) is 9.67. The number of carbonyl (C=O) groups excluding carboxylic acids is 1. The van der Waals surface area contributed by atoms with Crippen molar-refractivity contribution in [1.29, 1.82) is 0 Å². The van der Waals surface area contributed by atoms with Crippen LogP contribution in [-0.2, 0) is 10.0 Å². The molecule has 158 valence electrons. The lowest BCUT2D eigenvalue weighted by atomic mass is 9.91. The van der Waals surface area contributed by atoms with E-state index in [-0.39, 0.29) is 35.3 Å². The van der Waals surface area contributed by atoms with Crippen LogP contribution in [0.5, 0.6) is 0 Å².